The van der Waals surface area contributed by atoms with Crippen LogP contribution in [0.15, 0.2) is 46.1 Å². The number of carbonyl (C=O) groups is 2. The van der Waals surface area contributed by atoms with Crippen LogP contribution in [0.3, 0.4) is 0 Å². The molecule has 2 rings (SSSR count). The van der Waals surface area contributed by atoms with Crippen LogP contribution in [0.1, 0.15) is 16.1 Å². The van der Waals surface area contributed by atoms with Gasteiger partial charge in [0.1, 0.15) is 5.75 Å². The Morgan fingerprint density at radius 2 is 2.22 bits per heavy atom. The van der Waals surface area contributed by atoms with Gasteiger partial charge in [0.2, 0.25) is 0 Å². The van der Waals surface area contributed by atoms with Gasteiger partial charge in [0, 0.05) is 0 Å². The van der Waals surface area contributed by atoms with Crippen molar-refractivity contribution < 1.29 is 18.7 Å². The Kier molecular flexibility index (Phi) is 6.15. The lowest BCUT2D eigenvalue weighted by Crippen LogP contribution is -2.34. The number of methoxy groups -OCH3 is 1. The molecule has 2 N–H and O–H groups in total. The molecule has 0 saturated heterocycles. The first-order valence-electron chi connectivity index (χ1n) is 6.57. The van der Waals surface area contributed by atoms with Crippen molar-refractivity contribution in [3.8, 4) is 5.75 Å². The van der Waals surface area contributed by atoms with Crippen molar-refractivity contribution in [2.75, 3.05) is 13.7 Å². The molecule has 120 valence electrons. The zero-order chi connectivity index (χ0) is 16.7. The highest BCUT2D eigenvalue weighted by molar-refractivity contribution is 14.1. The van der Waals surface area contributed by atoms with Gasteiger partial charge in [-0.25, -0.2) is 5.43 Å². The number of nitrogens with one attached hydrogen (secondary N) is 2. The minimum absolute atomic E-state index is 0.147. The van der Waals surface area contributed by atoms with Crippen LogP contribution in [-0.4, -0.2) is 31.7 Å². The molecule has 0 unspecified atom stereocenters. The van der Waals surface area contributed by atoms with Crippen LogP contribution in [0.25, 0.3) is 0 Å². The maximum atomic E-state index is 11.6. The maximum absolute atomic E-state index is 11.6. The number of rotatable bonds is 6. The number of carbonyl (C=O) groups excluding carboxylic acids is 2. The number of amides is 2. The summed E-state index contributed by atoms with van der Waals surface area (Å²) >= 11 is 2.15. The van der Waals surface area contributed by atoms with Crippen molar-refractivity contribution in [3.05, 3.63) is 51.5 Å². The highest BCUT2D eigenvalue weighted by Crippen LogP contribution is 2.20. The molecule has 0 fully saturated rings. The van der Waals surface area contributed by atoms with Gasteiger partial charge in [-0.2, -0.15) is 5.10 Å². The Labute approximate surface area is 146 Å². The highest BCUT2D eigenvalue weighted by Gasteiger charge is 2.09. The largest absolute Gasteiger partial charge is 0.496 e. The normalized spacial score (nSPS) is 10.5. The van der Waals surface area contributed by atoms with Crippen LogP contribution in [0.5, 0.6) is 5.75 Å². The lowest BCUT2D eigenvalue weighted by molar-refractivity contribution is -0.120. The fourth-order valence-corrected chi connectivity index (χ4v) is 2.40. The van der Waals surface area contributed by atoms with Gasteiger partial charge in [0.05, 0.1) is 29.7 Å². The minimum atomic E-state index is -0.459. The van der Waals surface area contributed by atoms with E-state index in [1.807, 2.05) is 18.2 Å². The van der Waals surface area contributed by atoms with E-state index in [0.29, 0.717) is 0 Å². The molecule has 0 spiro atoms. The maximum Gasteiger partial charge on any atom is 0.287 e. The fraction of sp³-hybridized carbons (Fsp3) is 0.133. The molecule has 1 heterocycles. The summed E-state index contributed by atoms with van der Waals surface area (Å²) in [5, 5.41) is 6.26. The van der Waals surface area contributed by atoms with Crippen LogP contribution in [0.2, 0.25) is 0 Å². The predicted octanol–water partition coefficient (Wildman–Crippen LogP) is 1.77. The third kappa shape index (κ3) is 5.09. The van der Waals surface area contributed by atoms with Gasteiger partial charge in [-0.3, -0.25) is 9.59 Å². The average molecular weight is 427 g/mol. The molecule has 0 aliphatic heterocycles. The van der Waals surface area contributed by atoms with Crippen molar-refractivity contribution >= 4 is 40.6 Å². The standard InChI is InChI=1S/C15H14IN3O4/c1-22-12-5-4-10(7-11(12)16)8-18-19-14(20)9-17-15(21)13-3-2-6-23-13/h2-8H,9H2,1H3,(H,17,21)(H,19,20)/b18-8-. The SMILES string of the molecule is COc1ccc(/C=N\NC(=O)CNC(=O)c2ccco2)cc1I. The van der Waals surface area contributed by atoms with Crippen LogP contribution in [-0.2, 0) is 4.79 Å². The third-order valence-electron chi connectivity index (χ3n) is 2.73. The van der Waals surface area contributed by atoms with Crippen molar-refractivity contribution in [1.29, 1.82) is 0 Å². The minimum Gasteiger partial charge on any atom is -0.496 e. The Morgan fingerprint density at radius 1 is 1.39 bits per heavy atom. The molecule has 2 aromatic rings. The van der Waals surface area contributed by atoms with Crippen molar-refractivity contribution in [2.24, 2.45) is 5.10 Å². The average Bonchev–Trinajstić information content (AvgIpc) is 3.07. The van der Waals surface area contributed by atoms with Gasteiger partial charge in [-0.15, -0.1) is 0 Å². The number of hydrazone groups is 1. The number of furan rings is 1. The zero-order valence-corrected chi connectivity index (χ0v) is 14.4. The van der Waals surface area contributed by atoms with E-state index in [0.717, 1.165) is 14.9 Å². The molecule has 2 amide bonds. The number of halogens is 1. The second-order valence-electron chi connectivity index (χ2n) is 4.35. The van der Waals surface area contributed by atoms with E-state index in [1.54, 1.807) is 13.2 Å². The molecule has 0 bridgehead atoms. The number of benzene rings is 1. The summed E-state index contributed by atoms with van der Waals surface area (Å²) in [7, 11) is 1.60. The van der Waals surface area contributed by atoms with Crippen LogP contribution in [0, 0.1) is 3.57 Å². The Bertz CT molecular complexity index is 714. The van der Waals surface area contributed by atoms with Gasteiger partial charge < -0.3 is 14.5 Å². The number of nitrogens with zero attached hydrogens (tertiary/aromatic N) is 1. The summed E-state index contributed by atoms with van der Waals surface area (Å²) in [5.41, 5.74) is 3.15. The van der Waals surface area contributed by atoms with E-state index in [1.165, 1.54) is 18.5 Å². The monoisotopic (exact) mass is 427 g/mol. The van der Waals surface area contributed by atoms with Gasteiger partial charge in [-0.05, 0) is 58.5 Å². The summed E-state index contributed by atoms with van der Waals surface area (Å²) in [6.45, 7) is -0.197. The highest BCUT2D eigenvalue weighted by atomic mass is 127. The molecule has 0 radical (unpaired) electrons. The van der Waals surface area contributed by atoms with Gasteiger partial charge in [-0.1, -0.05) is 0 Å². The summed E-state index contributed by atoms with van der Waals surface area (Å²) in [6.07, 6.45) is 2.89. The molecule has 0 saturated carbocycles. The van der Waals surface area contributed by atoms with Crippen LogP contribution >= 0.6 is 22.6 Å². The third-order valence-corrected chi connectivity index (χ3v) is 3.58. The van der Waals surface area contributed by atoms with Gasteiger partial charge in [0.15, 0.2) is 5.76 Å². The number of hydrogen-bond donors (Lipinski definition) is 2. The van der Waals surface area contributed by atoms with E-state index < -0.39 is 11.8 Å². The summed E-state index contributed by atoms with van der Waals surface area (Å²) in [5.74, 6) is 0.0183. The molecular formula is C15H14IN3O4. The van der Waals surface area contributed by atoms with Crippen LogP contribution < -0.4 is 15.5 Å². The van der Waals surface area contributed by atoms with Gasteiger partial charge >= 0.3 is 0 Å². The first kappa shape index (κ1) is 17.0. The Balaban J connectivity index is 1.79. The van der Waals surface area contributed by atoms with E-state index in [4.69, 9.17) is 9.15 Å². The van der Waals surface area contributed by atoms with E-state index in [2.05, 4.69) is 38.4 Å². The molecule has 1 aromatic heterocycles. The van der Waals surface area contributed by atoms with Crippen molar-refractivity contribution in [2.45, 2.75) is 0 Å². The van der Waals surface area contributed by atoms with Crippen LogP contribution in [0.4, 0.5) is 0 Å². The second-order valence-corrected chi connectivity index (χ2v) is 5.51. The number of ether oxygens (including phenoxy) is 1. The topological polar surface area (TPSA) is 92.9 Å². The number of hydrogen-bond acceptors (Lipinski definition) is 5. The molecule has 23 heavy (non-hydrogen) atoms. The Hall–Kier alpha value is -2.36. The smallest absolute Gasteiger partial charge is 0.287 e. The van der Waals surface area contributed by atoms with E-state index in [-0.39, 0.29) is 12.3 Å². The first-order valence-corrected chi connectivity index (χ1v) is 7.65. The molecule has 1 aromatic carbocycles. The Morgan fingerprint density at radius 3 is 2.87 bits per heavy atom. The van der Waals surface area contributed by atoms with Crippen molar-refractivity contribution in [3.63, 3.8) is 0 Å². The first-order chi connectivity index (χ1) is 11.1. The summed E-state index contributed by atoms with van der Waals surface area (Å²) in [6, 6.07) is 8.60. The van der Waals surface area contributed by atoms with E-state index >= 15 is 0 Å². The molecule has 0 aliphatic rings. The summed E-state index contributed by atoms with van der Waals surface area (Å²) < 4.78 is 11.0. The lowest BCUT2D eigenvalue weighted by Gasteiger charge is -2.03. The van der Waals surface area contributed by atoms with Gasteiger partial charge in [0.25, 0.3) is 11.8 Å². The fourth-order valence-electron chi connectivity index (χ4n) is 1.64. The lowest BCUT2D eigenvalue weighted by atomic mass is 10.2. The molecule has 0 aliphatic carbocycles. The quantitative estimate of drug-likeness (QED) is 0.418. The van der Waals surface area contributed by atoms with Crippen molar-refractivity contribution in [1.82, 2.24) is 10.7 Å². The molecular weight excluding hydrogens is 413 g/mol. The summed E-state index contributed by atoms with van der Waals surface area (Å²) in [4.78, 5) is 23.2. The van der Waals surface area contributed by atoms with E-state index in [9.17, 15) is 9.59 Å². The predicted molar refractivity (Wildman–Crippen MR) is 92.5 cm³/mol. The molecule has 0 atom stereocenters. The second kappa shape index (κ2) is 8.32. The molecule has 7 nitrogen and oxygen atoms in total. The zero-order valence-electron chi connectivity index (χ0n) is 12.2. The molecule has 8 heteroatoms.